The molecule has 1 atom stereocenters. The summed E-state index contributed by atoms with van der Waals surface area (Å²) in [4.78, 5) is 27.6. The van der Waals surface area contributed by atoms with Crippen LogP contribution in [0.4, 0.5) is 0 Å². The van der Waals surface area contributed by atoms with Crippen LogP contribution < -0.4 is 10.1 Å². The van der Waals surface area contributed by atoms with Crippen molar-refractivity contribution in [3.05, 3.63) is 65.2 Å². The van der Waals surface area contributed by atoms with Gasteiger partial charge in [-0.05, 0) is 57.9 Å². The molecule has 0 fully saturated rings. The first-order chi connectivity index (χ1) is 14.6. The number of aryl methyl sites for hydroxylation is 1. The van der Waals surface area contributed by atoms with Gasteiger partial charge in [0.05, 0.1) is 12.9 Å². The van der Waals surface area contributed by atoms with Gasteiger partial charge in [0.2, 0.25) is 11.8 Å². The van der Waals surface area contributed by atoms with E-state index in [1.165, 1.54) is 0 Å². The molecule has 2 amide bonds. The Balaban J connectivity index is 2.06. The van der Waals surface area contributed by atoms with Crippen molar-refractivity contribution in [2.45, 2.75) is 58.5 Å². The molecule has 0 radical (unpaired) electrons. The Morgan fingerprint density at radius 1 is 1.03 bits per heavy atom. The maximum Gasteiger partial charge on any atom is 0.242 e. The Labute approximate surface area is 190 Å². The van der Waals surface area contributed by atoms with Crippen LogP contribution in [0.5, 0.6) is 5.75 Å². The number of thioether (sulfide) groups is 1. The second-order valence-corrected chi connectivity index (χ2v) is 9.75. The summed E-state index contributed by atoms with van der Waals surface area (Å²) in [6.07, 6.45) is 0. The van der Waals surface area contributed by atoms with Crippen LogP contribution >= 0.6 is 11.8 Å². The fraction of sp³-hybridized carbons (Fsp3) is 0.440. The van der Waals surface area contributed by atoms with Crippen LogP contribution in [0.25, 0.3) is 0 Å². The smallest absolute Gasteiger partial charge is 0.242 e. The predicted molar refractivity (Wildman–Crippen MR) is 128 cm³/mol. The summed E-state index contributed by atoms with van der Waals surface area (Å²) in [5.41, 5.74) is 2.94. The number of hydrogen-bond donors (Lipinski definition) is 1. The zero-order valence-electron chi connectivity index (χ0n) is 19.4. The SMILES string of the molecule is COc1ccc(CSCC(=O)N(Cc2ccc(C)cc2)C(C)C(=O)NC(C)(C)C)cc1. The van der Waals surface area contributed by atoms with E-state index >= 15 is 0 Å². The average Bonchev–Trinajstić information content (AvgIpc) is 2.72. The standard InChI is InChI=1S/C25H34N2O3S/c1-18-7-9-20(10-8-18)15-27(19(2)24(29)26-25(3,4)5)23(28)17-31-16-21-11-13-22(30-6)14-12-21/h7-14,19H,15-17H2,1-6H3,(H,26,29). The summed E-state index contributed by atoms with van der Waals surface area (Å²) in [7, 11) is 1.64. The number of methoxy groups -OCH3 is 1. The Morgan fingerprint density at radius 2 is 1.61 bits per heavy atom. The molecule has 0 aromatic heterocycles. The van der Waals surface area contributed by atoms with E-state index in [1.54, 1.807) is 30.7 Å². The molecule has 5 nitrogen and oxygen atoms in total. The fourth-order valence-corrected chi connectivity index (χ4v) is 3.88. The van der Waals surface area contributed by atoms with E-state index in [-0.39, 0.29) is 17.4 Å². The van der Waals surface area contributed by atoms with E-state index in [0.29, 0.717) is 12.3 Å². The minimum Gasteiger partial charge on any atom is -0.497 e. The van der Waals surface area contributed by atoms with Gasteiger partial charge in [-0.1, -0.05) is 42.0 Å². The largest absolute Gasteiger partial charge is 0.497 e. The third-order valence-corrected chi connectivity index (χ3v) is 5.78. The molecule has 0 saturated heterocycles. The first-order valence-electron chi connectivity index (χ1n) is 10.5. The molecule has 0 saturated carbocycles. The number of nitrogens with one attached hydrogen (secondary N) is 1. The summed E-state index contributed by atoms with van der Waals surface area (Å²) in [6, 6.07) is 15.3. The summed E-state index contributed by atoms with van der Waals surface area (Å²) < 4.78 is 5.19. The van der Waals surface area contributed by atoms with Gasteiger partial charge in [-0.25, -0.2) is 0 Å². The normalized spacial score (nSPS) is 12.2. The van der Waals surface area contributed by atoms with Crippen LogP contribution in [-0.2, 0) is 21.9 Å². The number of carbonyl (C=O) groups is 2. The lowest BCUT2D eigenvalue weighted by Crippen LogP contribution is -2.52. The molecule has 0 spiro atoms. The molecule has 31 heavy (non-hydrogen) atoms. The molecule has 1 unspecified atom stereocenters. The highest BCUT2D eigenvalue weighted by Crippen LogP contribution is 2.19. The maximum absolute atomic E-state index is 13.1. The quantitative estimate of drug-likeness (QED) is 0.618. The Morgan fingerprint density at radius 3 is 2.16 bits per heavy atom. The van der Waals surface area contributed by atoms with Crippen LogP contribution in [-0.4, -0.2) is 41.2 Å². The van der Waals surface area contributed by atoms with Gasteiger partial charge >= 0.3 is 0 Å². The minimum atomic E-state index is -0.561. The van der Waals surface area contributed by atoms with Gasteiger partial charge in [-0.2, -0.15) is 0 Å². The Bertz CT molecular complexity index is 858. The number of carbonyl (C=O) groups excluding carboxylic acids is 2. The number of amides is 2. The second kappa shape index (κ2) is 11.2. The van der Waals surface area contributed by atoms with Gasteiger partial charge in [-0.15, -0.1) is 11.8 Å². The summed E-state index contributed by atoms with van der Waals surface area (Å²) >= 11 is 1.55. The second-order valence-electron chi connectivity index (χ2n) is 8.76. The Hall–Kier alpha value is -2.47. The molecular formula is C25H34N2O3S. The van der Waals surface area contributed by atoms with Crippen LogP contribution in [0, 0.1) is 6.92 Å². The molecule has 0 aliphatic carbocycles. The molecule has 0 heterocycles. The van der Waals surface area contributed by atoms with Crippen LogP contribution in [0.1, 0.15) is 44.4 Å². The van der Waals surface area contributed by atoms with Crippen LogP contribution in [0.2, 0.25) is 0 Å². The molecule has 168 valence electrons. The zero-order valence-corrected chi connectivity index (χ0v) is 20.2. The fourth-order valence-electron chi connectivity index (χ4n) is 3.01. The number of nitrogens with zero attached hydrogens (tertiary/aromatic N) is 1. The highest BCUT2D eigenvalue weighted by Gasteiger charge is 2.28. The average molecular weight is 443 g/mol. The molecule has 2 aromatic rings. The number of rotatable bonds is 9. The highest BCUT2D eigenvalue weighted by molar-refractivity contribution is 7.99. The van der Waals surface area contributed by atoms with E-state index < -0.39 is 6.04 Å². The van der Waals surface area contributed by atoms with Gasteiger partial charge in [-0.3, -0.25) is 9.59 Å². The van der Waals surface area contributed by atoms with Crippen molar-refractivity contribution in [1.29, 1.82) is 0 Å². The molecule has 2 rings (SSSR count). The number of ether oxygens (including phenoxy) is 1. The van der Waals surface area contributed by atoms with Crippen molar-refractivity contribution in [3.63, 3.8) is 0 Å². The molecule has 2 aromatic carbocycles. The van der Waals surface area contributed by atoms with Gasteiger partial charge in [0.1, 0.15) is 11.8 Å². The molecule has 0 bridgehead atoms. The van der Waals surface area contributed by atoms with Crippen molar-refractivity contribution < 1.29 is 14.3 Å². The molecule has 1 N–H and O–H groups in total. The highest BCUT2D eigenvalue weighted by atomic mass is 32.2. The molecule has 0 aliphatic rings. The van der Waals surface area contributed by atoms with Crippen molar-refractivity contribution in [2.24, 2.45) is 0 Å². The van der Waals surface area contributed by atoms with Gasteiger partial charge in [0, 0.05) is 17.8 Å². The molecule has 0 aliphatic heterocycles. The van der Waals surface area contributed by atoms with E-state index in [0.717, 1.165) is 28.2 Å². The number of hydrogen-bond acceptors (Lipinski definition) is 4. The minimum absolute atomic E-state index is 0.0457. The molecule has 6 heteroatoms. The van der Waals surface area contributed by atoms with E-state index in [9.17, 15) is 9.59 Å². The zero-order chi connectivity index (χ0) is 23.0. The maximum atomic E-state index is 13.1. The van der Waals surface area contributed by atoms with Crippen molar-refractivity contribution in [3.8, 4) is 5.75 Å². The Kier molecular flexibility index (Phi) is 8.99. The monoisotopic (exact) mass is 442 g/mol. The first-order valence-corrected chi connectivity index (χ1v) is 11.6. The lowest BCUT2D eigenvalue weighted by Gasteiger charge is -2.31. The lowest BCUT2D eigenvalue weighted by atomic mass is 10.1. The van der Waals surface area contributed by atoms with Crippen molar-refractivity contribution >= 4 is 23.6 Å². The van der Waals surface area contributed by atoms with E-state index in [1.807, 2.05) is 76.2 Å². The lowest BCUT2D eigenvalue weighted by molar-refractivity contribution is -0.139. The third-order valence-electron chi connectivity index (χ3n) is 4.79. The topological polar surface area (TPSA) is 58.6 Å². The third kappa shape index (κ3) is 8.29. The van der Waals surface area contributed by atoms with Gasteiger partial charge in [0.25, 0.3) is 0 Å². The predicted octanol–water partition coefficient (Wildman–Crippen LogP) is 4.57. The first kappa shape index (κ1) is 24.8. The van der Waals surface area contributed by atoms with Gasteiger partial charge in [0.15, 0.2) is 0 Å². The molecular weight excluding hydrogens is 408 g/mol. The van der Waals surface area contributed by atoms with Crippen LogP contribution in [0.3, 0.4) is 0 Å². The summed E-state index contributed by atoms with van der Waals surface area (Å²) in [6.45, 7) is 10.0. The van der Waals surface area contributed by atoms with Gasteiger partial charge < -0.3 is 15.0 Å². The van der Waals surface area contributed by atoms with E-state index in [2.05, 4.69) is 5.32 Å². The van der Waals surface area contributed by atoms with Crippen LogP contribution in [0.15, 0.2) is 48.5 Å². The number of benzene rings is 2. The van der Waals surface area contributed by atoms with Crippen molar-refractivity contribution in [1.82, 2.24) is 10.2 Å². The van der Waals surface area contributed by atoms with E-state index in [4.69, 9.17) is 4.74 Å². The summed E-state index contributed by atoms with van der Waals surface area (Å²) in [5, 5.41) is 2.99. The summed E-state index contributed by atoms with van der Waals surface area (Å²) in [5.74, 6) is 1.65. The van der Waals surface area contributed by atoms with Crippen molar-refractivity contribution in [2.75, 3.05) is 12.9 Å².